The molecule has 1 atom stereocenters. The molecule has 216 valence electrons. The lowest BCUT2D eigenvalue weighted by Gasteiger charge is -2.18. The highest BCUT2D eigenvalue weighted by Crippen LogP contribution is 2.29. The minimum absolute atomic E-state index is 0.0115. The molecule has 3 aromatic carbocycles. The molecule has 0 spiro atoms. The van der Waals surface area contributed by atoms with Crippen LogP contribution in [0.4, 0.5) is 18.9 Å². The van der Waals surface area contributed by atoms with Gasteiger partial charge in [-0.15, -0.1) is 0 Å². The average molecular weight is 610 g/mol. The Bertz CT molecular complexity index is 1410. The van der Waals surface area contributed by atoms with Gasteiger partial charge in [0.15, 0.2) is 5.71 Å². The third kappa shape index (κ3) is 8.45. The van der Waals surface area contributed by atoms with Gasteiger partial charge < -0.3 is 20.2 Å². The molecule has 3 aromatic rings. The highest BCUT2D eigenvalue weighted by molar-refractivity contribution is 6.45. The van der Waals surface area contributed by atoms with Gasteiger partial charge in [-0.2, -0.15) is 13.2 Å². The lowest BCUT2D eigenvalue weighted by molar-refractivity contribution is -0.146. The van der Waals surface area contributed by atoms with Crippen LogP contribution in [0.15, 0.2) is 71.9 Å². The van der Waals surface area contributed by atoms with E-state index in [9.17, 15) is 27.6 Å². The molecule has 0 unspecified atom stereocenters. The zero-order valence-electron chi connectivity index (χ0n) is 21.7. The first-order valence-electron chi connectivity index (χ1n) is 12.0. The van der Waals surface area contributed by atoms with Crippen molar-refractivity contribution >= 4 is 52.4 Å². The monoisotopic (exact) mass is 609 g/mol. The molecular formula is C28H24Cl2F3N3O5. The first kappa shape index (κ1) is 31.4. The van der Waals surface area contributed by atoms with Crippen LogP contribution in [0.5, 0.6) is 0 Å². The Morgan fingerprint density at radius 2 is 1.56 bits per heavy atom. The summed E-state index contributed by atoms with van der Waals surface area (Å²) in [5.41, 5.74) is -0.0744. The number of carbonyl (C=O) groups excluding carboxylic acids is 3. The molecule has 41 heavy (non-hydrogen) atoms. The van der Waals surface area contributed by atoms with E-state index in [0.717, 1.165) is 24.3 Å². The summed E-state index contributed by atoms with van der Waals surface area (Å²) in [6.07, 6.45) is -4.57. The maximum atomic E-state index is 13.1. The second-order valence-electron chi connectivity index (χ2n) is 8.43. The molecule has 0 radical (unpaired) electrons. The van der Waals surface area contributed by atoms with Crippen LogP contribution in [-0.2, 0) is 31.8 Å². The number of carbonyl (C=O) groups is 3. The Morgan fingerprint density at radius 3 is 2.10 bits per heavy atom. The number of halogens is 5. The second-order valence-corrected chi connectivity index (χ2v) is 9.24. The first-order valence-corrected chi connectivity index (χ1v) is 12.8. The molecule has 13 heteroatoms. The maximum absolute atomic E-state index is 13.1. The van der Waals surface area contributed by atoms with E-state index in [4.69, 9.17) is 32.8 Å². The fourth-order valence-electron chi connectivity index (χ4n) is 3.66. The van der Waals surface area contributed by atoms with Crippen LogP contribution in [0.2, 0.25) is 10.0 Å². The van der Waals surface area contributed by atoms with Crippen molar-refractivity contribution in [2.75, 3.05) is 19.0 Å². The minimum Gasteiger partial charge on any atom is -0.464 e. The van der Waals surface area contributed by atoms with Gasteiger partial charge in [-0.1, -0.05) is 58.7 Å². The maximum Gasteiger partial charge on any atom is 0.416 e. The quantitative estimate of drug-likeness (QED) is 0.169. The van der Waals surface area contributed by atoms with E-state index >= 15 is 0 Å². The zero-order chi connectivity index (χ0) is 30.2. The Morgan fingerprint density at radius 1 is 0.951 bits per heavy atom. The molecule has 0 fully saturated rings. The van der Waals surface area contributed by atoms with Gasteiger partial charge in [-0.05, 0) is 48.9 Å². The van der Waals surface area contributed by atoms with Crippen LogP contribution >= 0.6 is 23.2 Å². The Balaban J connectivity index is 1.76. The Labute approximate surface area is 243 Å². The SMILES string of the molecule is CCOC(=O)[C@H](Cc1ccc(NC(=O)c2c(Cl)cccc2Cl)cc1)NC(=O)C(=NOC)c1ccc(C(F)(F)F)cc1. The number of hydrogen-bond donors (Lipinski definition) is 2. The number of oxime groups is 1. The summed E-state index contributed by atoms with van der Waals surface area (Å²) in [4.78, 5) is 43.1. The first-order chi connectivity index (χ1) is 19.4. The fraction of sp³-hybridized carbons (Fsp3) is 0.214. The molecule has 2 N–H and O–H groups in total. The van der Waals surface area contributed by atoms with E-state index in [0.29, 0.717) is 11.3 Å². The van der Waals surface area contributed by atoms with Crippen LogP contribution < -0.4 is 10.6 Å². The topological polar surface area (TPSA) is 106 Å². The number of amides is 2. The largest absolute Gasteiger partial charge is 0.464 e. The molecule has 0 aliphatic carbocycles. The fourth-order valence-corrected chi connectivity index (χ4v) is 4.23. The number of anilines is 1. The molecule has 0 aliphatic rings. The van der Waals surface area contributed by atoms with Gasteiger partial charge in [0.05, 0.1) is 27.8 Å². The molecule has 2 amide bonds. The molecule has 0 bridgehead atoms. The van der Waals surface area contributed by atoms with Crippen molar-refractivity contribution in [2.24, 2.45) is 5.16 Å². The Kier molecular flexibility index (Phi) is 10.7. The summed E-state index contributed by atoms with van der Waals surface area (Å²) >= 11 is 12.2. The molecule has 3 rings (SSSR count). The van der Waals surface area contributed by atoms with Crippen LogP contribution in [0.25, 0.3) is 0 Å². The van der Waals surface area contributed by atoms with Gasteiger partial charge >= 0.3 is 12.1 Å². The molecule has 0 aliphatic heterocycles. The molecule has 0 heterocycles. The standard InChI is InChI=1S/C28H24Cl2F3N3O5/c1-3-41-27(39)22(35-26(38)24(36-40-2)17-9-11-18(12-10-17)28(31,32)33)15-16-7-13-19(14-8-16)34-25(37)23-20(29)5-4-6-21(23)30/h4-14,22H,3,15H2,1-2H3,(H,34,37)(H,35,38)/t22-/m0/s1. The van der Waals surface area contributed by atoms with Gasteiger partial charge in [0.2, 0.25) is 0 Å². The van der Waals surface area contributed by atoms with Gasteiger partial charge in [0, 0.05) is 17.7 Å². The highest BCUT2D eigenvalue weighted by Gasteiger charge is 2.31. The zero-order valence-corrected chi connectivity index (χ0v) is 23.2. The van der Waals surface area contributed by atoms with Crippen molar-refractivity contribution in [1.29, 1.82) is 0 Å². The van der Waals surface area contributed by atoms with Crippen molar-refractivity contribution in [3.05, 3.63) is 99.0 Å². The predicted molar refractivity (Wildman–Crippen MR) is 148 cm³/mol. The van der Waals surface area contributed by atoms with Crippen LogP contribution in [-0.4, -0.2) is 43.3 Å². The minimum atomic E-state index is -4.56. The van der Waals surface area contributed by atoms with Gasteiger partial charge in [-0.25, -0.2) is 4.79 Å². The molecule has 0 saturated carbocycles. The van der Waals surface area contributed by atoms with E-state index in [1.807, 2.05) is 0 Å². The summed E-state index contributed by atoms with van der Waals surface area (Å²) in [5, 5.41) is 9.22. The van der Waals surface area contributed by atoms with Crippen LogP contribution in [0.1, 0.15) is 34.0 Å². The third-order valence-corrected chi connectivity index (χ3v) is 6.23. The number of hydrogen-bond acceptors (Lipinski definition) is 6. The molecule has 0 saturated heterocycles. The molecule has 0 aromatic heterocycles. The van der Waals surface area contributed by atoms with Crippen LogP contribution in [0, 0.1) is 0 Å². The number of alkyl halides is 3. The van der Waals surface area contributed by atoms with Crippen molar-refractivity contribution in [3.63, 3.8) is 0 Å². The lowest BCUT2D eigenvalue weighted by atomic mass is 10.0. The summed E-state index contributed by atoms with van der Waals surface area (Å²) in [5.74, 6) is -2.13. The lowest BCUT2D eigenvalue weighted by Crippen LogP contribution is -2.46. The highest BCUT2D eigenvalue weighted by atomic mass is 35.5. The van der Waals surface area contributed by atoms with E-state index in [2.05, 4.69) is 15.8 Å². The van der Waals surface area contributed by atoms with E-state index in [1.165, 1.54) is 19.2 Å². The van der Waals surface area contributed by atoms with Gasteiger partial charge in [-0.3, -0.25) is 9.59 Å². The van der Waals surface area contributed by atoms with Gasteiger partial charge in [0.1, 0.15) is 13.2 Å². The number of nitrogens with one attached hydrogen (secondary N) is 2. The normalized spacial score (nSPS) is 12.3. The average Bonchev–Trinajstić information content (AvgIpc) is 2.92. The third-order valence-electron chi connectivity index (χ3n) is 5.60. The van der Waals surface area contributed by atoms with Crippen molar-refractivity contribution in [3.8, 4) is 0 Å². The number of esters is 1. The van der Waals surface area contributed by atoms with Crippen LogP contribution in [0.3, 0.4) is 0 Å². The van der Waals surface area contributed by atoms with Crippen molar-refractivity contribution in [1.82, 2.24) is 5.32 Å². The summed E-state index contributed by atoms with van der Waals surface area (Å²) < 4.78 is 43.9. The predicted octanol–water partition coefficient (Wildman–Crippen LogP) is 5.91. The van der Waals surface area contributed by atoms with Crippen molar-refractivity contribution in [2.45, 2.75) is 25.6 Å². The number of nitrogens with zero attached hydrogens (tertiary/aromatic N) is 1. The number of rotatable bonds is 10. The number of benzene rings is 3. The second kappa shape index (κ2) is 14.0. The number of ether oxygens (including phenoxy) is 1. The summed E-state index contributed by atoms with van der Waals surface area (Å²) in [7, 11) is 1.17. The van der Waals surface area contributed by atoms with E-state index < -0.39 is 35.6 Å². The van der Waals surface area contributed by atoms with Gasteiger partial charge in [0.25, 0.3) is 11.8 Å². The molecule has 8 nitrogen and oxygen atoms in total. The van der Waals surface area contributed by atoms with E-state index in [1.54, 1.807) is 37.3 Å². The summed E-state index contributed by atoms with van der Waals surface area (Å²) in [6, 6.07) is 13.7. The smallest absolute Gasteiger partial charge is 0.416 e. The Hall–Kier alpha value is -4.09. The molecular weight excluding hydrogens is 586 g/mol. The van der Waals surface area contributed by atoms with Crippen molar-refractivity contribution < 1.29 is 37.1 Å². The van der Waals surface area contributed by atoms with E-state index in [-0.39, 0.29) is 39.9 Å². The summed E-state index contributed by atoms with van der Waals surface area (Å²) in [6.45, 7) is 1.64.